The van der Waals surface area contributed by atoms with Crippen molar-refractivity contribution in [3.05, 3.63) is 52.0 Å². The Morgan fingerprint density at radius 3 is 2.43 bits per heavy atom. The highest BCUT2D eigenvalue weighted by molar-refractivity contribution is 9.10. The van der Waals surface area contributed by atoms with Gasteiger partial charge in [-0.05, 0) is 40.2 Å². The average molecular weight is 360 g/mol. The van der Waals surface area contributed by atoms with Gasteiger partial charge in [0.1, 0.15) is 11.8 Å². The number of halogens is 5. The molecule has 3 nitrogen and oxygen atoms in total. The molecule has 0 spiro atoms. The van der Waals surface area contributed by atoms with Crippen LogP contribution in [0.25, 0.3) is 0 Å². The second-order valence-corrected chi connectivity index (χ2v) is 4.75. The van der Waals surface area contributed by atoms with E-state index in [1.165, 1.54) is 12.1 Å². The summed E-state index contributed by atoms with van der Waals surface area (Å²) in [5.74, 6) is -0.714. The molecule has 2 aromatic rings. The maximum absolute atomic E-state index is 13.9. The second kappa shape index (κ2) is 5.69. The summed E-state index contributed by atoms with van der Waals surface area (Å²) in [6, 6.07) is 6.43. The number of nitrogens with one attached hydrogen (secondary N) is 1. The fourth-order valence-electron chi connectivity index (χ4n) is 1.52. The number of hydrogen-bond donors (Lipinski definition) is 1. The van der Waals surface area contributed by atoms with Crippen molar-refractivity contribution in [2.24, 2.45) is 0 Å². The number of alkyl halides is 3. The fraction of sp³-hybridized carbons (Fsp3) is 0.0769. The Labute approximate surface area is 125 Å². The SMILES string of the molecule is N#Cc1ccc(Nc2ccc(C(F)(F)F)nc2)c(F)c1Br. The van der Waals surface area contributed by atoms with E-state index < -0.39 is 17.7 Å². The highest BCUT2D eigenvalue weighted by Gasteiger charge is 2.32. The first-order valence-corrected chi connectivity index (χ1v) is 6.30. The number of nitrogens with zero attached hydrogens (tertiary/aromatic N) is 2. The van der Waals surface area contributed by atoms with E-state index in [-0.39, 0.29) is 21.4 Å². The first-order chi connectivity index (χ1) is 9.82. The molecule has 0 fully saturated rings. The monoisotopic (exact) mass is 359 g/mol. The number of nitriles is 1. The van der Waals surface area contributed by atoms with Crippen molar-refractivity contribution in [1.82, 2.24) is 4.98 Å². The number of pyridine rings is 1. The molecule has 8 heteroatoms. The molecular weight excluding hydrogens is 354 g/mol. The Bertz CT molecular complexity index is 705. The van der Waals surface area contributed by atoms with Gasteiger partial charge < -0.3 is 5.32 Å². The molecule has 0 amide bonds. The minimum absolute atomic E-state index is 0.0161. The Balaban J connectivity index is 2.27. The van der Waals surface area contributed by atoms with Gasteiger partial charge in [-0.15, -0.1) is 0 Å². The van der Waals surface area contributed by atoms with Gasteiger partial charge in [0.2, 0.25) is 0 Å². The van der Waals surface area contributed by atoms with E-state index in [0.29, 0.717) is 0 Å². The molecule has 0 aliphatic rings. The number of benzene rings is 1. The van der Waals surface area contributed by atoms with Crippen LogP contribution < -0.4 is 5.32 Å². The molecule has 1 N–H and O–H groups in total. The summed E-state index contributed by atoms with van der Waals surface area (Å²) in [6.45, 7) is 0. The summed E-state index contributed by atoms with van der Waals surface area (Å²) in [6.07, 6.45) is -3.57. The summed E-state index contributed by atoms with van der Waals surface area (Å²) >= 11 is 2.94. The molecule has 1 aromatic heterocycles. The summed E-state index contributed by atoms with van der Waals surface area (Å²) < 4.78 is 51.0. The lowest BCUT2D eigenvalue weighted by Gasteiger charge is -2.10. The van der Waals surface area contributed by atoms with Crippen molar-refractivity contribution in [2.45, 2.75) is 6.18 Å². The van der Waals surface area contributed by atoms with Crippen molar-refractivity contribution >= 4 is 27.3 Å². The zero-order chi connectivity index (χ0) is 15.6. The topological polar surface area (TPSA) is 48.7 Å². The Morgan fingerprint density at radius 2 is 1.90 bits per heavy atom. The molecule has 21 heavy (non-hydrogen) atoms. The lowest BCUT2D eigenvalue weighted by Crippen LogP contribution is -2.07. The van der Waals surface area contributed by atoms with E-state index in [2.05, 4.69) is 26.2 Å². The van der Waals surface area contributed by atoms with Crippen LogP contribution in [0.5, 0.6) is 0 Å². The van der Waals surface area contributed by atoms with Crippen LogP contribution in [0.4, 0.5) is 28.9 Å². The van der Waals surface area contributed by atoms with Crippen LogP contribution in [0, 0.1) is 17.1 Å². The third-order valence-corrected chi connectivity index (χ3v) is 3.31. The fourth-order valence-corrected chi connectivity index (χ4v) is 1.96. The lowest BCUT2D eigenvalue weighted by molar-refractivity contribution is -0.141. The van der Waals surface area contributed by atoms with E-state index in [1.807, 2.05) is 0 Å². The van der Waals surface area contributed by atoms with Crippen LogP contribution >= 0.6 is 15.9 Å². The molecule has 0 saturated heterocycles. The largest absolute Gasteiger partial charge is 0.433 e. The minimum Gasteiger partial charge on any atom is -0.352 e. The zero-order valence-corrected chi connectivity index (χ0v) is 11.8. The summed E-state index contributed by atoms with van der Waals surface area (Å²) in [4.78, 5) is 3.26. The van der Waals surface area contributed by atoms with Crippen LogP contribution in [0.15, 0.2) is 34.9 Å². The Kier molecular flexibility index (Phi) is 4.14. The van der Waals surface area contributed by atoms with Crippen LogP contribution in [0.3, 0.4) is 0 Å². The molecule has 2 rings (SSSR count). The zero-order valence-electron chi connectivity index (χ0n) is 10.2. The van der Waals surface area contributed by atoms with Gasteiger partial charge in [-0.2, -0.15) is 18.4 Å². The third-order valence-electron chi connectivity index (χ3n) is 2.54. The van der Waals surface area contributed by atoms with E-state index >= 15 is 0 Å². The van der Waals surface area contributed by atoms with E-state index in [9.17, 15) is 17.6 Å². The molecule has 0 atom stereocenters. The van der Waals surface area contributed by atoms with Gasteiger partial charge >= 0.3 is 6.18 Å². The molecule has 0 aliphatic heterocycles. The number of rotatable bonds is 2. The van der Waals surface area contributed by atoms with Crippen molar-refractivity contribution < 1.29 is 17.6 Å². The van der Waals surface area contributed by atoms with E-state index in [1.54, 1.807) is 6.07 Å². The van der Waals surface area contributed by atoms with Crippen molar-refractivity contribution in [3.8, 4) is 6.07 Å². The quantitative estimate of drug-likeness (QED) is 0.796. The van der Waals surface area contributed by atoms with Gasteiger partial charge in [0.05, 0.1) is 27.6 Å². The smallest absolute Gasteiger partial charge is 0.352 e. The first-order valence-electron chi connectivity index (χ1n) is 5.51. The molecule has 108 valence electrons. The van der Waals surface area contributed by atoms with Gasteiger partial charge in [0.15, 0.2) is 5.82 Å². The van der Waals surface area contributed by atoms with Crippen molar-refractivity contribution in [1.29, 1.82) is 5.26 Å². The Morgan fingerprint density at radius 1 is 1.19 bits per heavy atom. The van der Waals surface area contributed by atoms with Gasteiger partial charge in [0, 0.05) is 0 Å². The molecule has 1 heterocycles. The normalized spacial score (nSPS) is 11.0. The number of anilines is 2. The van der Waals surface area contributed by atoms with Gasteiger partial charge in [-0.25, -0.2) is 9.37 Å². The maximum Gasteiger partial charge on any atom is 0.433 e. The third kappa shape index (κ3) is 3.31. The molecule has 1 aromatic carbocycles. The second-order valence-electron chi connectivity index (χ2n) is 3.96. The molecule has 0 radical (unpaired) electrons. The van der Waals surface area contributed by atoms with Gasteiger partial charge in [-0.3, -0.25) is 0 Å². The minimum atomic E-state index is -4.53. The van der Waals surface area contributed by atoms with E-state index in [0.717, 1.165) is 18.3 Å². The molecular formula is C13H6BrF4N3. The summed E-state index contributed by atoms with van der Waals surface area (Å²) in [5, 5.41) is 11.3. The predicted molar refractivity (Wildman–Crippen MR) is 71.3 cm³/mol. The van der Waals surface area contributed by atoms with Crippen LogP contribution in [0.2, 0.25) is 0 Å². The van der Waals surface area contributed by atoms with Crippen LogP contribution in [-0.4, -0.2) is 4.98 Å². The average Bonchev–Trinajstić information content (AvgIpc) is 2.44. The highest BCUT2D eigenvalue weighted by Crippen LogP contribution is 2.30. The van der Waals surface area contributed by atoms with Gasteiger partial charge in [-0.1, -0.05) is 0 Å². The van der Waals surface area contributed by atoms with Crippen LogP contribution in [0.1, 0.15) is 11.3 Å². The number of aromatic nitrogens is 1. The lowest BCUT2D eigenvalue weighted by atomic mass is 10.2. The Hall–Kier alpha value is -2.14. The highest BCUT2D eigenvalue weighted by atomic mass is 79.9. The maximum atomic E-state index is 13.9. The molecule has 0 unspecified atom stereocenters. The molecule has 0 bridgehead atoms. The first kappa shape index (κ1) is 15.3. The molecule has 0 aliphatic carbocycles. The van der Waals surface area contributed by atoms with Crippen molar-refractivity contribution in [2.75, 3.05) is 5.32 Å². The number of hydrogen-bond acceptors (Lipinski definition) is 3. The van der Waals surface area contributed by atoms with E-state index in [4.69, 9.17) is 5.26 Å². The van der Waals surface area contributed by atoms with Crippen LogP contribution in [-0.2, 0) is 6.18 Å². The standard InChI is InChI=1S/C13H6BrF4N3/c14-11-7(5-19)1-3-9(12(11)15)21-8-2-4-10(20-6-8)13(16,17)18/h1-4,6,21H. The molecule has 0 saturated carbocycles. The summed E-state index contributed by atoms with van der Waals surface area (Å²) in [7, 11) is 0. The van der Waals surface area contributed by atoms with Crippen molar-refractivity contribution in [3.63, 3.8) is 0 Å². The van der Waals surface area contributed by atoms with Gasteiger partial charge in [0.25, 0.3) is 0 Å². The predicted octanol–water partition coefficient (Wildman–Crippen LogP) is 4.62. The summed E-state index contributed by atoms with van der Waals surface area (Å²) in [5.41, 5.74) is -0.709.